The Hall–Kier alpha value is -3.30. The summed E-state index contributed by atoms with van der Waals surface area (Å²) in [6, 6.07) is 6.30. The zero-order chi connectivity index (χ0) is 27.5. The number of halogens is 2. The summed E-state index contributed by atoms with van der Waals surface area (Å²) in [6.07, 6.45) is 1.90. The van der Waals surface area contributed by atoms with E-state index in [2.05, 4.69) is 11.6 Å². The normalized spacial score (nSPS) is 13.0. The Morgan fingerprint density at radius 3 is 2.49 bits per heavy atom. The second kappa shape index (κ2) is 14.4. The molecule has 200 valence electrons. The van der Waals surface area contributed by atoms with Crippen LogP contribution in [0.4, 0.5) is 0 Å². The molecule has 37 heavy (non-hydrogen) atoms. The van der Waals surface area contributed by atoms with Crippen LogP contribution < -0.4 is 14.2 Å². The van der Waals surface area contributed by atoms with Crippen LogP contribution in [0.25, 0.3) is 0 Å². The van der Waals surface area contributed by atoms with Crippen molar-refractivity contribution in [2.75, 3.05) is 13.9 Å². The summed E-state index contributed by atoms with van der Waals surface area (Å²) >= 11 is 12.1. The van der Waals surface area contributed by atoms with Crippen LogP contribution in [-0.2, 0) is 19.1 Å². The van der Waals surface area contributed by atoms with Crippen molar-refractivity contribution in [2.45, 2.75) is 45.8 Å². The van der Waals surface area contributed by atoms with Crippen molar-refractivity contribution in [3.05, 3.63) is 58.9 Å². The van der Waals surface area contributed by atoms with E-state index in [1.54, 1.807) is 38.1 Å². The number of benzene rings is 1. The van der Waals surface area contributed by atoms with Crippen LogP contribution in [0.1, 0.15) is 44.1 Å². The van der Waals surface area contributed by atoms with Crippen LogP contribution in [-0.4, -0.2) is 48.8 Å². The fourth-order valence-corrected chi connectivity index (χ4v) is 3.62. The Kier molecular flexibility index (Phi) is 11.7. The van der Waals surface area contributed by atoms with Crippen molar-refractivity contribution in [2.24, 2.45) is 5.92 Å². The van der Waals surface area contributed by atoms with E-state index in [0.29, 0.717) is 22.2 Å². The molecule has 0 N–H and O–H groups in total. The van der Waals surface area contributed by atoms with E-state index < -0.39 is 42.6 Å². The number of Topliss-reactive ketones (excluding diaryl/α,β-unsaturated/α-hetero) is 1. The lowest BCUT2D eigenvalue weighted by Gasteiger charge is -2.26. The van der Waals surface area contributed by atoms with Gasteiger partial charge in [-0.3, -0.25) is 14.4 Å². The summed E-state index contributed by atoms with van der Waals surface area (Å²) in [5.41, 5.74) is -0.0653. The van der Waals surface area contributed by atoms with Gasteiger partial charge >= 0.3 is 11.9 Å². The van der Waals surface area contributed by atoms with Gasteiger partial charge in [0.2, 0.25) is 6.79 Å². The Bertz CT molecular complexity index is 1120. The van der Waals surface area contributed by atoms with Gasteiger partial charge in [-0.2, -0.15) is 0 Å². The van der Waals surface area contributed by atoms with Gasteiger partial charge in [-0.25, -0.2) is 4.98 Å². The predicted molar refractivity (Wildman–Crippen MR) is 137 cm³/mol. The first kappa shape index (κ1) is 29.9. The Labute approximate surface area is 225 Å². The quantitative estimate of drug-likeness (QED) is 0.130. The molecule has 11 heteroatoms. The molecule has 0 amide bonds. The minimum absolute atomic E-state index is 0.00414. The summed E-state index contributed by atoms with van der Waals surface area (Å²) in [6.45, 7) is 7.75. The second-order valence-electron chi connectivity index (χ2n) is 8.01. The number of pyridine rings is 1. The molecule has 0 aliphatic rings. The van der Waals surface area contributed by atoms with Crippen LogP contribution in [0.15, 0.2) is 43.1 Å². The zero-order valence-electron chi connectivity index (χ0n) is 21.0. The standard InChI is InChI=1S/C26H29Cl2NO8/c1-6-7-21(37-22-9-8-18(27)13-19(22)28)16(3)36-26(32)15(2)12-20(31)24-25(35-14-34-17(4)30)23(33-5)10-11-29-24/h6,8-11,13,15-16,21H,1,7,12,14H2,2-5H3/t15-,16+,21-/m1/s1. The smallest absolute Gasteiger partial charge is 0.309 e. The van der Waals surface area contributed by atoms with Crippen molar-refractivity contribution in [3.8, 4) is 17.2 Å². The minimum atomic E-state index is -0.812. The van der Waals surface area contributed by atoms with Crippen molar-refractivity contribution in [3.63, 3.8) is 0 Å². The molecular formula is C26H29Cl2NO8. The number of rotatable bonds is 14. The van der Waals surface area contributed by atoms with Crippen LogP contribution in [0.2, 0.25) is 10.0 Å². The number of ketones is 1. The van der Waals surface area contributed by atoms with E-state index in [0.717, 1.165) is 0 Å². The van der Waals surface area contributed by atoms with E-state index in [1.807, 2.05) is 0 Å². The van der Waals surface area contributed by atoms with Crippen molar-refractivity contribution >= 4 is 40.9 Å². The van der Waals surface area contributed by atoms with Gasteiger partial charge in [-0.15, -0.1) is 6.58 Å². The zero-order valence-corrected chi connectivity index (χ0v) is 22.5. The molecule has 0 fully saturated rings. The molecule has 0 spiro atoms. The molecular weight excluding hydrogens is 525 g/mol. The highest BCUT2D eigenvalue weighted by molar-refractivity contribution is 6.35. The molecule has 0 aliphatic heterocycles. The maximum atomic E-state index is 13.0. The highest BCUT2D eigenvalue weighted by Gasteiger charge is 2.28. The van der Waals surface area contributed by atoms with Crippen LogP contribution in [0.5, 0.6) is 17.2 Å². The molecule has 0 saturated carbocycles. The number of nitrogens with zero attached hydrogens (tertiary/aromatic N) is 1. The van der Waals surface area contributed by atoms with Crippen molar-refractivity contribution in [1.82, 2.24) is 4.98 Å². The van der Waals surface area contributed by atoms with E-state index in [-0.39, 0.29) is 23.6 Å². The number of methoxy groups -OCH3 is 1. The van der Waals surface area contributed by atoms with Crippen molar-refractivity contribution < 1.29 is 38.1 Å². The third kappa shape index (κ3) is 8.94. The third-order valence-electron chi connectivity index (χ3n) is 5.11. The van der Waals surface area contributed by atoms with Gasteiger partial charge in [0.1, 0.15) is 18.0 Å². The molecule has 0 saturated heterocycles. The molecule has 0 unspecified atom stereocenters. The van der Waals surface area contributed by atoms with E-state index >= 15 is 0 Å². The molecule has 2 aromatic rings. The maximum Gasteiger partial charge on any atom is 0.309 e. The number of esters is 2. The Morgan fingerprint density at radius 1 is 1.14 bits per heavy atom. The van der Waals surface area contributed by atoms with Gasteiger partial charge in [-0.1, -0.05) is 36.2 Å². The molecule has 0 aliphatic carbocycles. The maximum absolute atomic E-state index is 13.0. The lowest BCUT2D eigenvalue weighted by atomic mass is 10.0. The van der Waals surface area contributed by atoms with Gasteiger partial charge in [0, 0.05) is 37.1 Å². The lowest BCUT2D eigenvalue weighted by Crippen LogP contribution is -2.35. The molecule has 1 heterocycles. The van der Waals surface area contributed by atoms with Crippen LogP contribution >= 0.6 is 23.2 Å². The summed E-state index contributed by atoms with van der Waals surface area (Å²) in [5, 5.41) is 0.776. The van der Waals surface area contributed by atoms with Crippen LogP contribution in [0, 0.1) is 5.92 Å². The molecule has 9 nitrogen and oxygen atoms in total. The number of carbonyl (C=O) groups excluding carboxylic acids is 3. The van der Waals surface area contributed by atoms with Gasteiger partial charge in [0.25, 0.3) is 0 Å². The summed E-state index contributed by atoms with van der Waals surface area (Å²) < 4.78 is 27.0. The van der Waals surface area contributed by atoms with Crippen LogP contribution in [0.3, 0.4) is 0 Å². The highest BCUT2D eigenvalue weighted by atomic mass is 35.5. The predicted octanol–water partition coefficient (Wildman–Crippen LogP) is 5.46. The highest BCUT2D eigenvalue weighted by Crippen LogP contribution is 2.32. The number of ether oxygens (including phenoxy) is 5. The fourth-order valence-electron chi connectivity index (χ4n) is 3.17. The van der Waals surface area contributed by atoms with Crippen molar-refractivity contribution in [1.29, 1.82) is 0 Å². The second-order valence-corrected chi connectivity index (χ2v) is 8.86. The first-order chi connectivity index (χ1) is 17.6. The largest absolute Gasteiger partial charge is 0.493 e. The van der Waals surface area contributed by atoms with E-state index in [4.69, 9.17) is 46.9 Å². The Balaban J connectivity index is 2.08. The van der Waals surface area contributed by atoms with Gasteiger partial charge in [-0.05, 0) is 25.1 Å². The molecule has 1 aromatic heterocycles. The fraction of sp³-hybridized carbons (Fsp3) is 0.385. The average molecular weight is 554 g/mol. The van der Waals surface area contributed by atoms with Gasteiger partial charge in [0.15, 0.2) is 23.0 Å². The SMILES string of the molecule is C=CC[C@@H](Oc1ccc(Cl)cc1Cl)[C@H](C)OC(=O)[C@H](C)CC(=O)c1nccc(OC)c1OCOC(C)=O. The average Bonchev–Trinajstić information content (AvgIpc) is 2.84. The third-order valence-corrected chi connectivity index (χ3v) is 5.64. The topological polar surface area (TPSA) is 110 Å². The minimum Gasteiger partial charge on any atom is -0.493 e. The van der Waals surface area contributed by atoms with E-state index in [1.165, 1.54) is 26.3 Å². The number of aromatic nitrogens is 1. The van der Waals surface area contributed by atoms with Gasteiger partial charge < -0.3 is 23.7 Å². The summed E-state index contributed by atoms with van der Waals surface area (Å²) in [7, 11) is 1.39. The van der Waals surface area contributed by atoms with E-state index in [9.17, 15) is 14.4 Å². The molecule has 1 aromatic carbocycles. The summed E-state index contributed by atoms with van der Waals surface area (Å²) in [5.74, 6) is -1.85. The first-order valence-electron chi connectivity index (χ1n) is 11.3. The molecule has 0 bridgehead atoms. The first-order valence-corrected chi connectivity index (χ1v) is 12.1. The summed E-state index contributed by atoms with van der Waals surface area (Å²) in [4.78, 5) is 40.9. The molecule has 3 atom stereocenters. The Morgan fingerprint density at radius 2 is 1.86 bits per heavy atom. The molecule has 0 radical (unpaired) electrons. The lowest BCUT2D eigenvalue weighted by molar-refractivity contribution is -0.157. The number of hydrogen-bond acceptors (Lipinski definition) is 9. The number of hydrogen-bond donors (Lipinski definition) is 0. The van der Waals surface area contributed by atoms with Gasteiger partial charge in [0.05, 0.1) is 18.1 Å². The number of carbonyl (C=O) groups is 3. The monoisotopic (exact) mass is 553 g/mol. The molecule has 2 rings (SSSR count).